The average Bonchev–Trinajstić information content (AvgIpc) is 3.59. The maximum absolute atomic E-state index is 15.0. The molecule has 0 unspecified atom stereocenters. The van der Waals surface area contributed by atoms with Gasteiger partial charge in [0, 0.05) is 47.0 Å². The number of aliphatic hydroxyl groups is 1. The Balaban J connectivity index is 1.20. The number of nitro benzene ring substituents is 1. The van der Waals surface area contributed by atoms with Gasteiger partial charge in [0.25, 0.3) is 17.5 Å². The Morgan fingerprint density at radius 1 is 1.04 bits per heavy atom. The molecule has 3 aliphatic rings. The number of benzene rings is 4. The van der Waals surface area contributed by atoms with Gasteiger partial charge >= 0.3 is 0 Å². The van der Waals surface area contributed by atoms with Crippen LogP contribution in [0.25, 0.3) is 0 Å². The summed E-state index contributed by atoms with van der Waals surface area (Å²) in [5, 5.41) is 25.3. The minimum Gasteiger partial charge on any atom is -0.497 e. The van der Waals surface area contributed by atoms with Gasteiger partial charge in [-0.15, -0.1) is 0 Å². The molecule has 3 amide bonds. The van der Waals surface area contributed by atoms with Crippen LogP contribution in [0.5, 0.6) is 5.75 Å². The van der Waals surface area contributed by atoms with Crippen molar-refractivity contribution in [1.29, 1.82) is 0 Å². The van der Waals surface area contributed by atoms with Crippen molar-refractivity contribution in [2.75, 3.05) is 23.9 Å². The molecule has 0 saturated carbocycles. The van der Waals surface area contributed by atoms with Crippen molar-refractivity contribution in [3.63, 3.8) is 0 Å². The first-order valence-corrected chi connectivity index (χ1v) is 21.3. The number of non-ortho nitro benzene ring substituents is 1. The Hall–Kier alpha value is -5.41. The molecule has 3 aliphatic heterocycles. The molecule has 3 N–H and O–H groups in total. The largest absolute Gasteiger partial charge is 0.497 e. The summed E-state index contributed by atoms with van der Waals surface area (Å²) in [6.45, 7) is 5.43. The molecular formula is C41H44N4O9Si. The fourth-order valence-electron chi connectivity index (χ4n) is 8.74. The third-order valence-corrected chi connectivity index (χ3v) is 13.8. The topological polar surface area (TPSA) is 172 Å². The third kappa shape index (κ3) is 6.90. The van der Waals surface area contributed by atoms with Crippen LogP contribution in [-0.2, 0) is 39.4 Å². The molecule has 0 aromatic heterocycles. The predicted molar refractivity (Wildman–Crippen MR) is 207 cm³/mol. The van der Waals surface area contributed by atoms with Gasteiger partial charge in [0.15, 0.2) is 13.9 Å². The highest BCUT2D eigenvalue weighted by molar-refractivity contribution is 6.71. The highest BCUT2D eigenvalue weighted by Gasteiger charge is 2.66. The number of ether oxygens (including phenoxy) is 2. The van der Waals surface area contributed by atoms with Crippen molar-refractivity contribution in [1.82, 2.24) is 4.90 Å². The van der Waals surface area contributed by atoms with Gasteiger partial charge in [0.2, 0.25) is 5.91 Å². The minimum absolute atomic E-state index is 0.0489. The number of methoxy groups -OCH3 is 1. The zero-order chi connectivity index (χ0) is 39.2. The number of hydrogen-bond donors (Lipinski definition) is 3. The van der Waals surface area contributed by atoms with E-state index < -0.39 is 48.4 Å². The molecule has 55 heavy (non-hydrogen) atoms. The van der Waals surface area contributed by atoms with Gasteiger partial charge < -0.3 is 34.5 Å². The molecule has 4 aromatic carbocycles. The van der Waals surface area contributed by atoms with E-state index in [2.05, 4.69) is 5.32 Å². The van der Waals surface area contributed by atoms with Crippen LogP contribution in [-0.4, -0.2) is 71.6 Å². The lowest BCUT2D eigenvalue weighted by Gasteiger charge is -2.37. The number of amides is 3. The molecule has 14 heteroatoms. The number of rotatable bonds is 10. The van der Waals surface area contributed by atoms with Crippen LogP contribution in [0.3, 0.4) is 0 Å². The maximum atomic E-state index is 15.0. The molecule has 1 saturated heterocycles. The van der Waals surface area contributed by atoms with Gasteiger partial charge in [0.05, 0.1) is 49.4 Å². The first-order chi connectivity index (χ1) is 26.2. The molecule has 286 valence electrons. The zero-order valence-electron chi connectivity index (χ0n) is 31.1. The number of aliphatic hydroxyl groups excluding tert-OH is 1. The van der Waals surface area contributed by atoms with E-state index >= 15 is 0 Å². The van der Waals surface area contributed by atoms with Crippen LogP contribution >= 0.6 is 0 Å². The van der Waals surface area contributed by atoms with E-state index in [1.807, 2.05) is 37.3 Å². The molecular weight excluding hydrogens is 721 g/mol. The molecule has 4 aromatic rings. The molecule has 1 spiro atoms. The van der Waals surface area contributed by atoms with Crippen LogP contribution < -0.4 is 15.0 Å². The van der Waals surface area contributed by atoms with Crippen molar-refractivity contribution in [3.8, 4) is 5.75 Å². The number of nitrogens with one attached hydrogen (secondary N) is 1. The van der Waals surface area contributed by atoms with E-state index in [-0.39, 0.29) is 37.1 Å². The summed E-state index contributed by atoms with van der Waals surface area (Å²) in [7, 11) is -1.63. The lowest BCUT2D eigenvalue weighted by atomic mass is 9.82. The second kappa shape index (κ2) is 14.7. The molecule has 0 radical (unpaired) electrons. The summed E-state index contributed by atoms with van der Waals surface area (Å²) in [5.74, 6) is -1.11. The Morgan fingerprint density at radius 2 is 1.76 bits per heavy atom. The highest BCUT2D eigenvalue weighted by atomic mass is 28.4. The van der Waals surface area contributed by atoms with E-state index in [0.29, 0.717) is 46.8 Å². The Bertz CT molecular complexity index is 2160. The molecule has 7 rings (SSSR count). The second-order valence-corrected chi connectivity index (χ2v) is 19.1. The third-order valence-electron chi connectivity index (χ3n) is 11.3. The average molecular weight is 765 g/mol. The summed E-state index contributed by atoms with van der Waals surface area (Å²) < 4.78 is 12.0. The van der Waals surface area contributed by atoms with E-state index in [9.17, 15) is 34.4 Å². The van der Waals surface area contributed by atoms with Crippen molar-refractivity contribution in [2.45, 2.75) is 69.2 Å². The van der Waals surface area contributed by atoms with Gasteiger partial charge in [-0.05, 0) is 78.7 Å². The van der Waals surface area contributed by atoms with Gasteiger partial charge in [-0.3, -0.25) is 24.5 Å². The molecule has 3 heterocycles. The SMILES string of the molecule is COc1ccc(C(=O)Nc2cccc(CN3C(=O)[C@@]4(O[C@@H](CC(=O)N5Cc6ccccc6C[C@H]5CO)[C@H]([Si](C)(C)O)[C@H]4C)c4cc([N+](=O)[O-])ccc43)c2)cc1. The molecule has 1 fully saturated rings. The number of fused-ring (bicyclic) bond motifs is 3. The predicted octanol–water partition coefficient (Wildman–Crippen LogP) is 5.54. The van der Waals surface area contributed by atoms with Crippen LogP contribution in [0.4, 0.5) is 17.1 Å². The fourth-order valence-corrected chi connectivity index (χ4v) is 11.3. The summed E-state index contributed by atoms with van der Waals surface area (Å²) in [5.41, 5.74) is 1.84. The van der Waals surface area contributed by atoms with Crippen LogP contribution in [0.1, 0.15) is 46.0 Å². The van der Waals surface area contributed by atoms with Gasteiger partial charge in [-0.2, -0.15) is 0 Å². The highest BCUT2D eigenvalue weighted by Crippen LogP contribution is 2.60. The number of carbonyl (C=O) groups is 3. The minimum atomic E-state index is -3.18. The monoisotopic (exact) mass is 764 g/mol. The summed E-state index contributed by atoms with van der Waals surface area (Å²) in [6, 6.07) is 25.3. The molecule has 0 bridgehead atoms. The van der Waals surface area contributed by atoms with Crippen molar-refractivity contribution in [2.24, 2.45) is 5.92 Å². The Morgan fingerprint density at radius 3 is 2.44 bits per heavy atom. The second-order valence-electron chi connectivity index (χ2n) is 15.1. The Kier molecular flexibility index (Phi) is 10.1. The number of carbonyl (C=O) groups excluding carboxylic acids is 3. The summed E-state index contributed by atoms with van der Waals surface area (Å²) in [4.78, 5) is 68.7. The van der Waals surface area contributed by atoms with E-state index in [0.717, 1.165) is 11.1 Å². The fraction of sp³-hybridized carbons (Fsp3) is 0.341. The van der Waals surface area contributed by atoms with Gasteiger partial charge in [-0.25, -0.2) is 0 Å². The lowest BCUT2D eigenvalue weighted by molar-refractivity contribution is -0.385. The first-order valence-electron chi connectivity index (χ1n) is 18.3. The standard InChI is InChI=1S/C41H44N4O9Si/c1-25-38(55(3,4)52)36(21-37(47)43-23-29-10-6-5-9-28(29)19-32(43)24-46)54-41(25)34-20-31(45(50)51)14-17-35(34)44(40(41)49)22-26-8-7-11-30(18-26)42-39(48)27-12-15-33(53-2)16-13-27/h5-18,20,25,32,36,38,46,52H,19,21-24H2,1-4H3,(H,42,48)/t25-,32+,36+,38-,41+/m1/s1. The van der Waals surface area contributed by atoms with Crippen molar-refractivity contribution in [3.05, 3.63) is 129 Å². The number of nitrogens with zero attached hydrogens (tertiary/aromatic N) is 3. The number of anilines is 2. The number of hydrogen-bond acceptors (Lipinski definition) is 9. The lowest BCUT2D eigenvalue weighted by Crippen LogP contribution is -2.48. The van der Waals surface area contributed by atoms with E-state index in [1.54, 1.807) is 67.6 Å². The van der Waals surface area contributed by atoms with Gasteiger partial charge in [-0.1, -0.05) is 43.3 Å². The molecule has 5 atom stereocenters. The van der Waals surface area contributed by atoms with Crippen LogP contribution in [0.2, 0.25) is 18.6 Å². The summed E-state index contributed by atoms with van der Waals surface area (Å²) in [6.07, 6.45) is -0.553. The van der Waals surface area contributed by atoms with E-state index in [1.165, 1.54) is 23.1 Å². The summed E-state index contributed by atoms with van der Waals surface area (Å²) >= 11 is 0. The zero-order valence-corrected chi connectivity index (χ0v) is 32.1. The normalized spacial score (nSPS) is 23.1. The number of nitro groups is 1. The first kappa shape index (κ1) is 37.9. The maximum Gasteiger partial charge on any atom is 0.269 e. The van der Waals surface area contributed by atoms with Crippen LogP contribution in [0, 0.1) is 16.0 Å². The van der Waals surface area contributed by atoms with Crippen molar-refractivity contribution >= 4 is 43.1 Å². The van der Waals surface area contributed by atoms with Crippen molar-refractivity contribution < 1.29 is 38.7 Å². The molecule has 13 nitrogen and oxygen atoms in total. The van der Waals surface area contributed by atoms with Crippen LogP contribution in [0.15, 0.2) is 91.0 Å². The molecule has 0 aliphatic carbocycles. The Labute approximate surface area is 319 Å². The van der Waals surface area contributed by atoms with Gasteiger partial charge in [0.1, 0.15) is 5.75 Å². The smallest absolute Gasteiger partial charge is 0.269 e. The quantitative estimate of drug-likeness (QED) is 0.107. The van der Waals surface area contributed by atoms with E-state index in [4.69, 9.17) is 9.47 Å².